The third-order valence-corrected chi connectivity index (χ3v) is 3.87. The molecule has 1 aromatic carbocycles. The highest BCUT2D eigenvalue weighted by Crippen LogP contribution is 2.33. The van der Waals surface area contributed by atoms with Crippen LogP contribution in [-0.2, 0) is 4.79 Å². The van der Waals surface area contributed by atoms with Gasteiger partial charge in [0.2, 0.25) is 0 Å². The number of carbonyl (C=O) groups is 1. The Bertz CT molecular complexity index is 621. The second kappa shape index (κ2) is 5.09. The molecule has 1 saturated heterocycles. The monoisotopic (exact) mass is 297 g/mol. The maximum Gasteiger partial charge on any atom is 0.471 e. The lowest BCUT2D eigenvalue weighted by atomic mass is 9.94. The van der Waals surface area contributed by atoms with E-state index in [2.05, 4.69) is 0 Å². The van der Waals surface area contributed by atoms with Crippen LogP contribution in [0, 0.1) is 0 Å². The highest BCUT2D eigenvalue weighted by molar-refractivity contribution is 5.82. The number of nitrogens with zero attached hydrogens (tertiary/aromatic N) is 1. The predicted octanol–water partition coefficient (Wildman–Crippen LogP) is 3.70. The van der Waals surface area contributed by atoms with Crippen molar-refractivity contribution in [3.05, 3.63) is 36.1 Å². The lowest BCUT2D eigenvalue weighted by Gasteiger charge is -2.31. The minimum Gasteiger partial charge on any atom is -0.461 e. The fraction of sp³-hybridized carbons (Fsp3) is 0.400. The van der Waals surface area contributed by atoms with E-state index < -0.39 is 12.1 Å². The number of hydrogen-bond donors (Lipinski definition) is 0. The van der Waals surface area contributed by atoms with Gasteiger partial charge in [-0.2, -0.15) is 13.2 Å². The van der Waals surface area contributed by atoms with Gasteiger partial charge in [-0.15, -0.1) is 0 Å². The number of fused-ring (bicyclic) bond motifs is 1. The van der Waals surface area contributed by atoms with Crippen molar-refractivity contribution in [2.24, 2.45) is 0 Å². The summed E-state index contributed by atoms with van der Waals surface area (Å²) >= 11 is 0. The topological polar surface area (TPSA) is 33.5 Å². The van der Waals surface area contributed by atoms with Crippen molar-refractivity contribution in [1.82, 2.24) is 4.90 Å². The van der Waals surface area contributed by atoms with Gasteiger partial charge in [0.15, 0.2) is 0 Å². The molecule has 6 heteroatoms. The van der Waals surface area contributed by atoms with Gasteiger partial charge < -0.3 is 9.32 Å². The van der Waals surface area contributed by atoms with E-state index in [1.807, 2.05) is 30.3 Å². The number of likely N-dealkylation sites (tertiary alicyclic amines) is 1. The van der Waals surface area contributed by atoms with E-state index in [1.165, 1.54) is 0 Å². The highest BCUT2D eigenvalue weighted by Gasteiger charge is 2.43. The van der Waals surface area contributed by atoms with Crippen molar-refractivity contribution in [3.63, 3.8) is 0 Å². The van der Waals surface area contributed by atoms with E-state index >= 15 is 0 Å². The second-order valence-electron chi connectivity index (χ2n) is 5.25. The van der Waals surface area contributed by atoms with E-state index in [0.717, 1.165) is 21.6 Å². The second-order valence-corrected chi connectivity index (χ2v) is 5.25. The fourth-order valence-electron chi connectivity index (χ4n) is 2.75. The number of para-hydroxylation sites is 1. The number of piperidine rings is 1. The number of rotatable bonds is 1. The molecule has 21 heavy (non-hydrogen) atoms. The average Bonchev–Trinajstić information content (AvgIpc) is 2.89. The van der Waals surface area contributed by atoms with Crippen molar-refractivity contribution < 1.29 is 22.4 Å². The van der Waals surface area contributed by atoms with Gasteiger partial charge in [-0.3, -0.25) is 4.79 Å². The molecule has 0 bridgehead atoms. The van der Waals surface area contributed by atoms with Gasteiger partial charge in [0.1, 0.15) is 11.3 Å². The third-order valence-electron chi connectivity index (χ3n) is 3.87. The number of halogens is 3. The number of hydrogen-bond acceptors (Lipinski definition) is 2. The first-order valence-corrected chi connectivity index (χ1v) is 6.80. The lowest BCUT2D eigenvalue weighted by Crippen LogP contribution is -2.44. The molecule has 2 heterocycles. The standard InChI is InChI=1S/C15H14F3NO2/c16-15(17,18)14(20)19-7-5-10(6-8-19)13-9-11-3-1-2-4-12(11)21-13/h1-4,9-10H,5-8H2. The number of amides is 1. The average molecular weight is 297 g/mol. The van der Waals surface area contributed by atoms with Crippen molar-refractivity contribution in [2.75, 3.05) is 13.1 Å². The number of carbonyl (C=O) groups excluding carboxylic acids is 1. The zero-order valence-electron chi connectivity index (χ0n) is 11.2. The van der Waals surface area contributed by atoms with Crippen molar-refractivity contribution >= 4 is 16.9 Å². The van der Waals surface area contributed by atoms with Gasteiger partial charge in [0, 0.05) is 24.4 Å². The van der Waals surface area contributed by atoms with E-state index in [9.17, 15) is 18.0 Å². The number of benzene rings is 1. The van der Waals surface area contributed by atoms with Crippen LogP contribution in [0.25, 0.3) is 11.0 Å². The summed E-state index contributed by atoms with van der Waals surface area (Å²) in [4.78, 5) is 12.1. The minimum absolute atomic E-state index is 0.0645. The van der Waals surface area contributed by atoms with Crippen LogP contribution in [0.2, 0.25) is 0 Å². The number of alkyl halides is 3. The molecule has 3 rings (SSSR count). The Balaban J connectivity index is 1.69. The summed E-state index contributed by atoms with van der Waals surface area (Å²) in [6.45, 7) is 0.222. The van der Waals surface area contributed by atoms with Crippen LogP contribution in [0.1, 0.15) is 24.5 Å². The predicted molar refractivity (Wildman–Crippen MR) is 70.8 cm³/mol. The van der Waals surface area contributed by atoms with Crippen LogP contribution >= 0.6 is 0 Å². The third kappa shape index (κ3) is 2.75. The molecule has 1 amide bonds. The molecule has 1 aliphatic rings. The van der Waals surface area contributed by atoms with Crippen LogP contribution < -0.4 is 0 Å². The first-order valence-electron chi connectivity index (χ1n) is 6.80. The molecule has 0 radical (unpaired) electrons. The molecule has 0 atom stereocenters. The Kier molecular flexibility index (Phi) is 3.39. The molecular formula is C15H14F3NO2. The van der Waals surface area contributed by atoms with Crippen LogP contribution in [0.4, 0.5) is 13.2 Å². The van der Waals surface area contributed by atoms with E-state index in [0.29, 0.717) is 12.8 Å². The molecule has 1 aliphatic heterocycles. The van der Waals surface area contributed by atoms with Crippen molar-refractivity contribution in [1.29, 1.82) is 0 Å². The molecule has 0 N–H and O–H groups in total. The van der Waals surface area contributed by atoms with Crippen molar-refractivity contribution in [3.8, 4) is 0 Å². The zero-order chi connectivity index (χ0) is 15.0. The van der Waals surface area contributed by atoms with Crippen LogP contribution in [0.3, 0.4) is 0 Å². The molecule has 0 unspecified atom stereocenters. The lowest BCUT2D eigenvalue weighted by molar-refractivity contribution is -0.186. The van der Waals surface area contributed by atoms with Gasteiger partial charge >= 0.3 is 12.1 Å². The van der Waals surface area contributed by atoms with E-state index in [1.54, 1.807) is 0 Å². The summed E-state index contributed by atoms with van der Waals surface area (Å²) in [5, 5.41) is 0.987. The fourth-order valence-corrected chi connectivity index (χ4v) is 2.75. The molecule has 3 nitrogen and oxygen atoms in total. The zero-order valence-corrected chi connectivity index (χ0v) is 11.2. The molecular weight excluding hydrogens is 283 g/mol. The molecule has 2 aromatic rings. The summed E-state index contributed by atoms with van der Waals surface area (Å²) in [5.74, 6) is -0.893. The maximum absolute atomic E-state index is 12.4. The molecule has 0 spiro atoms. The normalized spacial score (nSPS) is 17.4. The van der Waals surface area contributed by atoms with Crippen LogP contribution in [0.15, 0.2) is 34.7 Å². The molecule has 1 aromatic heterocycles. The first-order chi connectivity index (χ1) is 9.95. The van der Waals surface area contributed by atoms with Gasteiger partial charge in [0.25, 0.3) is 0 Å². The first kappa shape index (κ1) is 14.0. The van der Waals surface area contributed by atoms with Crippen LogP contribution in [0.5, 0.6) is 0 Å². The summed E-state index contributed by atoms with van der Waals surface area (Å²) in [5.41, 5.74) is 0.779. The Morgan fingerprint density at radius 3 is 2.48 bits per heavy atom. The summed E-state index contributed by atoms with van der Waals surface area (Å²) in [6, 6.07) is 9.51. The summed E-state index contributed by atoms with van der Waals surface area (Å²) < 4.78 is 42.9. The summed E-state index contributed by atoms with van der Waals surface area (Å²) in [7, 11) is 0. The Hall–Kier alpha value is -1.98. The Morgan fingerprint density at radius 2 is 1.86 bits per heavy atom. The quantitative estimate of drug-likeness (QED) is 0.804. The van der Waals surface area contributed by atoms with E-state index in [4.69, 9.17) is 4.42 Å². The minimum atomic E-state index is -4.79. The Labute approximate surface area is 119 Å². The number of furan rings is 1. The SMILES string of the molecule is O=C(N1CCC(c2cc3ccccc3o2)CC1)C(F)(F)F. The van der Waals surface area contributed by atoms with E-state index in [-0.39, 0.29) is 19.0 Å². The molecule has 112 valence electrons. The van der Waals surface area contributed by atoms with Gasteiger partial charge in [-0.05, 0) is 25.0 Å². The Morgan fingerprint density at radius 1 is 1.19 bits per heavy atom. The molecule has 1 fully saturated rings. The molecule has 0 saturated carbocycles. The van der Waals surface area contributed by atoms with Gasteiger partial charge in [-0.25, -0.2) is 0 Å². The molecule has 0 aliphatic carbocycles. The van der Waals surface area contributed by atoms with Crippen molar-refractivity contribution in [2.45, 2.75) is 24.9 Å². The smallest absolute Gasteiger partial charge is 0.461 e. The van der Waals surface area contributed by atoms with Crippen LogP contribution in [-0.4, -0.2) is 30.1 Å². The highest BCUT2D eigenvalue weighted by atomic mass is 19.4. The summed E-state index contributed by atoms with van der Waals surface area (Å²) in [6.07, 6.45) is -3.81. The maximum atomic E-state index is 12.4. The van der Waals surface area contributed by atoms with Gasteiger partial charge in [-0.1, -0.05) is 18.2 Å². The van der Waals surface area contributed by atoms with Gasteiger partial charge in [0.05, 0.1) is 0 Å². The largest absolute Gasteiger partial charge is 0.471 e.